The average Bonchev–Trinajstić information content (AvgIpc) is 2.46. The smallest absolute Gasteiger partial charge is 0.239 e. The van der Waals surface area contributed by atoms with Gasteiger partial charge in [-0.3, -0.25) is 0 Å². The number of aromatic nitrogens is 1. The van der Waals surface area contributed by atoms with Gasteiger partial charge in [0.25, 0.3) is 0 Å². The number of alkyl halides is 2. The molecule has 0 amide bonds. The predicted molar refractivity (Wildman–Crippen MR) is 77.5 cm³/mol. The van der Waals surface area contributed by atoms with Crippen molar-refractivity contribution in [1.82, 2.24) is 10.3 Å². The summed E-state index contributed by atoms with van der Waals surface area (Å²) in [5, 5.41) is 6.38. The van der Waals surface area contributed by atoms with Gasteiger partial charge in [0.05, 0.1) is 0 Å². The minimum absolute atomic E-state index is 0.0575. The number of unbranched alkanes of at least 4 members (excludes halogenated alkanes) is 1. The molecule has 0 atom stereocenters. The van der Waals surface area contributed by atoms with Crippen molar-refractivity contribution < 1.29 is 8.78 Å². The van der Waals surface area contributed by atoms with E-state index in [-0.39, 0.29) is 6.42 Å². The standard InChI is InChI=1S/C15H23F2N3/c16-14(17)8-11-18-9-2-1-5-13-7-6-12-4-3-10-19-15(12)20-13/h6-7,14,18H,1-5,8-11H2,(H,19,20). The summed E-state index contributed by atoms with van der Waals surface area (Å²) in [6.45, 7) is 2.21. The second-order valence-corrected chi connectivity index (χ2v) is 5.23. The molecule has 0 aromatic carbocycles. The molecule has 0 spiro atoms. The molecular formula is C15H23F2N3. The van der Waals surface area contributed by atoms with E-state index in [1.807, 2.05) is 0 Å². The summed E-state index contributed by atoms with van der Waals surface area (Å²) in [6, 6.07) is 4.28. The normalized spacial score (nSPS) is 14.2. The Balaban J connectivity index is 1.62. The minimum atomic E-state index is -2.20. The molecule has 3 nitrogen and oxygen atoms in total. The van der Waals surface area contributed by atoms with Crippen molar-refractivity contribution in [3.8, 4) is 0 Å². The van der Waals surface area contributed by atoms with Gasteiger partial charge >= 0.3 is 0 Å². The number of anilines is 1. The van der Waals surface area contributed by atoms with Crippen LogP contribution >= 0.6 is 0 Å². The highest BCUT2D eigenvalue weighted by Gasteiger charge is 2.09. The first-order valence-corrected chi connectivity index (χ1v) is 7.47. The maximum absolute atomic E-state index is 11.9. The van der Waals surface area contributed by atoms with Gasteiger partial charge in [0, 0.05) is 25.2 Å². The Morgan fingerprint density at radius 1 is 1.25 bits per heavy atom. The summed E-state index contributed by atoms with van der Waals surface area (Å²) in [4.78, 5) is 4.64. The first kappa shape index (κ1) is 15.2. The molecular weight excluding hydrogens is 260 g/mol. The van der Waals surface area contributed by atoms with Crippen LogP contribution in [0.15, 0.2) is 12.1 Å². The lowest BCUT2D eigenvalue weighted by Crippen LogP contribution is -2.18. The number of nitrogens with one attached hydrogen (secondary N) is 2. The molecule has 1 aliphatic heterocycles. The average molecular weight is 283 g/mol. The molecule has 1 aromatic rings. The van der Waals surface area contributed by atoms with Gasteiger partial charge in [0.15, 0.2) is 0 Å². The Labute approximate surface area is 119 Å². The number of nitrogens with zero attached hydrogens (tertiary/aromatic N) is 1. The molecule has 0 aliphatic carbocycles. The van der Waals surface area contributed by atoms with Gasteiger partial charge < -0.3 is 10.6 Å². The first-order valence-electron chi connectivity index (χ1n) is 7.47. The van der Waals surface area contributed by atoms with Crippen molar-refractivity contribution >= 4 is 5.82 Å². The minimum Gasteiger partial charge on any atom is -0.370 e. The van der Waals surface area contributed by atoms with E-state index in [2.05, 4.69) is 27.8 Å². The van der Waals surface area contributed by atoms with Crippen molar-refractivity contribution in [1.29, 1.82) is 0 Å². The summed E-state index contributed by atoms with van der Waals surface area (Å²) in [7, 11) is 0. The Kier molecular flexibility index (Phi) is 6.18. The third-order valence-electron chi connectivity index (χ3n) is 3.53. The quantitative estimate of drug-likeness (QED) is 0.720. The molecule has 0 saturated carbocycles. The highest BCUT2D eigenvalue weighted by Crippen LogP contribution is 2.20. The second-order valence-electron chi connectivity index (χ2n) is 5.23. The van der Waals surface area contributed by atoms with Crippen LogP contribution in [0.1, 0.15) is 36.9 Å². The zero-order chi connectivity index (χ0) is 14.2. The van der Waals surface area contributed by atoms with Gasteiger partial charge in [-0.05, 0) is 50.3 Å². The molecule has 5 heteroatoms. The van der Waals surface area contributed by atoms with Crippen molar-refractivity contribution in [2.24, 2.45) is 0 Å². The van der Waals surface area contributed by atoms with Crippen LogP contribution in [0.5, 0.6) is 0 Å². The van der Waals surface area contributed by atoms with Crippen molar-refractivity contribution in [3.63, 3.8) is 0 Å². The van der Waals surface area contributed by atoms with Crippen LogP contribution < -0.4 is 10.6 Å². The van der Waals surface area contributed by atoms with Gasteiger partial charge in [-0.1, -0.05) is 6.07 Å². The molecule has 0 unspecified atom stereocenters. The van der Waals surface area contributed by atoms with Crippen LogP contribution in [0.2, 0.25) is 0 Å². The van der Waals surface area contributed by atoms with Crippen molar-refractivity contribution in [3.05, 3.63) is 23.4 Å². The second kappa shape index (κ2) is 8.15. The third-order valence-corrected chi connectivity index (χ3v) is 3.53. The highest BCUT2D eigenvalue weighted by molar-refractivity contribution is 5.46. The van der Waals surface area contributed by atoms with E-state index < -0.39 is 6.43 Å². The van der Waals surface area contributed by atoms with Crippen LogP contribution in [0.3, 0.4) is 0 Å². The maximum Gasteiger partial charge on any atom is 0.239 e. The van der Waals surface area contributed by atoms with Crippen molar-refractivity contribution in [2.75, 3.05) is 25.0 Å². The number of hydrogen-bond acceptors (Lipinski definition) is 3. The lowest BCUT2D eigenvalue weighted by atomic mass is 10.1. The van der Waals surface area contributed by atoms with Crippen molar-refractivity contribution in [2.45, 2.75) is 45.0 Å². The number of pyridine rings is 1. The molecule has 0 fully saturated rings. The largest absolute Gasteiger partial charge is 0.370 e. The van der Waals surface area contributed by atoms with Gasteiger partial charge in [-0.15, -0.1) is 0 Å². The molecule has 0 radical (unpaired) electrons. The fourth-order valence-electron chi connectivity index (χ4n) is 2.40. The SMILES string of the molecule is FC(F)CCNCCCCc1ccc2c(n1)NCCC2. The van der Waals surface area contributed by atoms with Crippen LogP contribution in [0.4, 0.5) is 14.6 Å². The molecule has 20 heavy (non-hydrogen) atoms. The van der Waals surface area contributed by atoms with E-state index in [0.29, 0.717) is 6.54 Å². The lowest BCUT2D eigenvalue weighted by Gasteiger charge is -2.17. The van der Waals surface area contributed by atoms with Crippen LogP contribution in [0.25, 0.3) is 0 Å². The van der Waals surface area contributed by atoms with Gasteiger partial charge in [-0.2, -0.15) is 0 Å². The third kappa shape index (κ3) is 5.04. The summed E-state index contributed by atoms with van der Waals surface area (Å²) in [5.41, 5.74) is 2.43. The van der Waals surface area contributed by atoms with Crippen LogP contribution in [-0.4, -0.2) is 31.0 Å². The Morgan fingerprint density at radius 2 is 2.15 bits per heavy atom. The summed E-state index contributed by atoms with van der Waals surface area (Å²) < 4.78 is 23.8. The number of halogens is 2. The fourth-order valence-corrected chi connectivity index (χ4v) is 2.40. The van der Waals surface area contributed by atoms with E-state index in [1.54, 1.807) is 0 Å². The van der Waals surface area contributed by atoms with Gasteiger partial charge in [-0.25, -0.2) is 13.8 Å². The molecule has 2 N–H and O–H groups in total. The van der Waals surface area contributed by atoms with Gasteiger partial charge in [0.1, 0.15) is 5.82 Å². The van der Waals surface area contributed by atoms with E-state index in [4.69, 9.17) is 0 Å². The molecule has 0 bridgehead atoms. The molecule has 2 rings (SSSR count). The molecule has 112 valence electrons. The summed E-state index contributed by atoms with van der Waals surface area (Å²) in [5.74, 6) is 1.05. The number of hydrogen-bond donors (Lipinski definition) is 2. The zero-order valence-electron chi connectivity index (χ0n) is 11.8. The molecule has 0 saturated heterocycles. The Hall–Kier alpha value is -1.23. The van der Waals surface area contributed by atoms with E-state index in [9.17, 15) is 8.78 Å². The summed E-state index contributed by atoms with van der Waals surface area (Å²) in [6.07, 6.45) is 3.02. The number of aryl methyl sites for hydroxylation is 2. The Bertz CT molecular complexity index is 410. The lowest BCUT2D eigenvalue weighted by molar-refractivity contribution is 0.137. The van der Waals surface area contributed by atoms with E-state index in [1.165, 1.54) is 12.0 Å². The Morgan fingerprint density at radius 3 is 3.00 bits per heavy atom. The summed E-state index contributed by atoms with van der Waals surface area (Å²) >= 11 is 0. The van der Waals surface area contributed by atoms with Gasteiger partial charge in [0.2, 0.25) is 6.43 Å². The maximum atomic E-state index is 11.9. The fraction of sp³-hybridized carbons (Fsp3) is 0.667. The monoisotopic (exact) mass is 283 g/mol. The number of fused-ring (bicyclic) bond motifs is 1. The molecule has 2 heterocycles. The van der Waals surface area contributed by atoms with E-state index >= 15 is 0 Å². The van der Waals surface area contributed by atoms with Crippen LogP contribution in [-0.2, 0) is 12.8 Å². The molecule has 1 aliphatic rings. The number of rotatable bonds is 8. The van der Waals surface area contributed by atoms with Crippen LogP contribution in [0, 0.1) is 0 Å². The predicted octanol–water partition coefficient (Wildman–Crippen LogP) is 3.01. The molecule has 1 aromatic heterocycles. The first-order chi connectivity index (χ1) is 9.75. The van der Waals surface area contributed by atoms with E-state index in [0.717, 1.165) is 50.3 Å². The zero-order valence-corrected chi connectivity index (χ0v) is 11.8. The highest BCUT2D eigenvalue weighted by atomic mass is 19.3. The topological polar surface area (TPSA) is 37.0 Å².